The number of nitrogens with zero attached hydrogens (tertiary/aromatic N) is 2. The Bertz CT molecular complexity index is 843. The fourth-order valence-corrected chi connectivity index (χ4v) is 4.03. The first-order valence-corrected chi connectivity index (χ1v) is 9.76. The molecule has 0 radical (unpaired) electrons. The van der Waals surface area contributed by atoms with Crippen molar-refractivity contribution in [1.29, 1.82) is 0 Å². The predicted molar refractivity (Wildman–Crippen MR) is 106 cm³/mol. The van der Waals surface area contributed by atoms with Crippen molar-refractivity contribution >= 4 is 6.09 Å². The van der Waals surface area contributed by atoms with Crippen molar-refractivity contribution in [2.24, 2.45) is 0 Å². The number of ether oxygens (including phenoxy) is 1. The molecule has 0 bridgehead atoms. The van der Waals surface area contributed by atoms with E-state index in [4.69, 9.17) is 4.74 Å². The van der Waals surface area contributed by atoms with Crippen LogP contribution in [0, 0.1) is 5.82 Å². The number of hydrogen-bond donors (Lipinski definition) is 0. The number of benzene rings is 2. The molecule has 2 aromatic carbocycles. The Kier molecular flexibility index (Phi) is 5.18. The fourth-order valence-electron chi connectivity index (χ4n) is 4.03. The summed E-state index contributed by atoms with van der Waals surface area (Å²) in [6.45, 7) is 7.33. The molecule has 2 heterocycles. The van der Waals surface area contributed by atoms with E-state index in [1.807, 2.05) is 42.5 Å². The molecule has 2 fully saturated rings. The van der Waals surface area contributed by atoms with Crippen molar-refractivity contribution in [2.45, 2.75) is 31.4 Å². The van der Waals surface area contributed by atoms with Gasteiger partial charge >= 0.3 is 6.09 Å². The lowest BCUT2D eigenvalue weighted by atomic mass is 9.88. The van der Waals surface area contributed by atoms with E-state index in [1.54, 1.807) is 4.90 Å². The van der Waals surface area contributed by atoms with Crippen LogP contribution in [0.5, 0.6) is 0 Å². The smallest absolute Gasteiger partial charge is 0.415 e. The van der Waals surface area contributed by atoms with Gasteiger partial charge in [-0.1, -0.05) is 49.0 Å². The molecule has 2 saturated heterocycles. The first-order valence-electron chi connectivity index (χ1n) is 9.76. The van der Waals surface area contributed by atoms with Gasteiger partial charge in [-0.15, -0.1) is 0 Å². The van der Waals surface area contributed by atoms with Crippen LogP contribution >= 0.6 is 0 Å². The molecule has 146 valence electrons. The molecular formula is C23H25FN2O2. The molecule has 2 aliphatic heterocycles. The first kappa shape index (κ1) is 18.7. The van der Waals surface area contributed by atoms with E-state index >= 15 is 0 Å². The Morgan fingerprint density at radius 3 is 2.36 bits per heavy atom. The van der Waals surface area contributed by atoms with Gasteiger partial charge in [-0.3, -0.25) is 4.90 Å². The van der Waals surface area contributed by atoms with Crippen molar-refractivity contribution in [3.05, 3.63) is 83.8 Å². The van der Waals surface area contributed by atoms with Crippen LogP contribution < -0.4 is 0 Å². The molecule has 1 spiro atoms. The van der Waals surface area contributed by atoms with Crippen molar-refractivity contribution in [3.63, 3.8) is 0 Å². The highest BCUT2D eigenvalue weighted by atomic mass is 19.1. The first-order chi connectivity index (χ1) is 13.6. The van der Waals surface area contributed by atoms with Crippen LogP contribution in [-0.2, 0) is 17.7 Å². The molecule has 0 unspecified atom stereocenters. The minimum Gasteiger partial charge on any atom is -0.436 e. The highest BCUT2D eigenvalue weighted by Crippen LogP contribution is 2.41. The fraction of sp³-hybridized carbons (Fsp3) is 0.348. The third kappa shape index (κ3) is 3.80. The summed E-state index contributed by atoms with van der Waals surface area (Å²) in [6.07, 6.45) is 2.10. The second-order valence-electron chi connectivity index (χ2n) is 7.60. The zero-order valence-corrected chi connectivity index (χ0v) is 15.9. The number of carbonyl (C=O) groups excluding carboxylic acids is 1. The molecular weight excluding hydrogens is 355 g/mol. The molecule has 28 heavy (non-hydrogen) atoms. The molecule has 0 atom stereocenters. The minimum absolute atomic E-state index is 0.203. The molecule has 0 aromatic heterocycles. The second kappa shape index (κ2) is 7.76. The number of halogens is 1. The Balaban J connectivity index is 1.33. The maximum absolute atomic E-state index is 13.0. The minimum atomic E-state index is -0.571. The number of hydrogen-bond acceptors (Lipinski definition) is 3. The normalized spacial score (nSPS) is 19.2. The Hall–Kier alpha value is -2.66. The zero-order valence-electron chi connectivity index (χ0n) is 15.9. The van der Waals surface area contributed by atoms with Gasteiger partial charge < -0.3 is 9.64 Å². The lowest BCUT2D eigenvalue weighted by Gasteiger charge is -2.38. The largest absolute Gasteiger partial charge is 0.436 e. The summed E-state index contributed by atoms with van der Waals surface area (Å²) in [6, 6.07) is 16.6. The number of amides is 1. The predicted octanol–water partition coefficient (Wildman–Crippen LogP) is 4.37. The highest BCUT2D eigenvalue weighted by Gasteiger charge is 2.50. The third-order valence-corrected chi connectivity index (χ3v) is 5.83. The number of carbonyl (C=O) groups is 1. The molecule has 4 nitrogen and oxygen atoms in total. The zero-order chi connectivity index (χ0) is 19.6. The third-order valence-electron chi connectivity index (χ3n) is 5.83. The summed E-state index contributed by atoms with van der Waals surface area (Å²) in [7, 11) is 0. The summed E-state index contributed by atoms with van der Waals surface area (Å²) >= 11 is 0. The van der Waals surface area contributed by atoms with Gasteiger partial charge in [-0.25, -0.2) is 9.18 Å². The van der Waals surface area contributed by atoms with Gasteiger partial charge in [0.15, 0.2) is 5.60 Å². The van der Waals surface area contributed by atoms with Gasteiger partial charge in [0, 0.05) is 32.5 Å². The van der Waals surface area contributed by atoms with Gasteiger partial charge in [-0.2, -0.15) is 0 Å². The Morgan fingerprint density at radius 1 is 1.00 bits per heavy atom. The number of likely N-dealkylation sites (tertiary alicyclic amines) is 1. The second-order valence-corrected chi connectivity index (χ2v) is 7.60. The van der Waals surface area contributed by atoms with E-state index in [9.17, 15) is 9.18 Å². The average Bonchev–Trinajstić information content (AvgIpc) is 2.94. The molecule has 0 aliphatic carbocycles. The van der Waals surface area contributed by atoms with Crippen LogP contribution in [0.25, 0.3) is 0 Å². The molecule has 0 N–H and O–H groups in total. The molecule has 5 heteroatoms. The van der Waals surface area contributed by atoms with E-state index in [0.717, 1.165) is 55.7 Å². The van der Waals surface area contributed by atoms with Gasteiger partial charge in [0.1, 0.15) is 5.82 Å². The van der Waals surface area contributed by atoms with Crippen LogP contribution in [0.15, 0.2) is 66.9 Å². The topological polar surface area (TPSA) is 32.8 Å². The van der Waals surface area contributed by atoms with Crippen molar-refractivity contribution in [1.82, 2.24) is 9.80 Å². The van der Waals surface area contributed by atoms with Crippen molar-refractivity contribution < 1.29 is 13.9 Å². The quantitative estimate of drug-likeness (QED) is 0.772. The van der Waals surface area contributed by atoms with Crippen LogP contribution in [-0.4, -0.2) is 41.1 Å². The number of rotatable bonds is 5. The van der Waals surface area contributed by atoms with E-state index in [2.05, 4.69) is 11.5 Å². The molecule has 2 aliphatic rings. The summed E-state index contributed by atoms with van der Waals surface area (Å²) in [4.78, 5) is 16.5. The van der Waals surface area contributed by atoms with Crippen LogP contribution in [0.1, 0.15) is 24.0 Å². The van der Waals surface area contributed by atoms with E-state index in [1.165, 1.54) is 12.1 Å². The number of piperidine rings is 1. The average molecular weight is 380 g/mol. The highest BCUT2D eigenvalue weighted by molar-refractivity contribution is 5.75. The van der Waals surface area contributed by atoms with Crippen LogP contribution in [0.3, 0.4) is 0 Å². The summed E-state index contributed by atoms with van der Waals surface area (Å²) in [5, 5.41) is 0. The lowest BCUT2D eigenvalue weighted by molar-refractivity contribution is 0.0150. The van der Waals surface area contributed by atoms with Gasteiger partial charge in [-0.05, 0) is 29.7 Å². The van der Waals surface area contributed by atoms with E-state index in [-0.39, 0.29) is 11.9 Å². The van der Waals surface area contributed by atoms with Crippen molar-refractivity contribution in [2.75, 3.05) is 19.6 Å². The van der Waals surface area contributed by atoms with Crippen LogP contribution in [0.4, 0.5) is 9.18 Å². The van der Waals surface area contributed by atoms with Crippen molar-refractivity contribution in [3.8, 4) is 0 Å². The standard InChI is InChI=1S/C23H25FN2O2/c1-18-23(28-22(27)26(18)17-20-5-3-2-4-6-20)12-15-25(16-13-23)14-11-19-7-9-21(24)10-8-19/h2-10H,1,11-17H2. The Labute approximate surface area is 165 Å². The van der Waals surface area contributed by atoms with E-state index in [0.29, 0.717) is 6.54 Å². The van der Waals surface area contributed by atoms with E-state index < -0.39 is 5.60 Å². The SMILES string of the molecule is C=C1N(Cc2ccccc2)C(=O)OC12CCN(CCc1ccc(F)cc1)CC2. The molecule has 0 saturated carbocycles. The lowest BCUT2D eigenvalue weighted by Crippen LogP contribution is -2.46. The Morgan fingerprint density at radius 2 is 1.68 bits per heavy atom. The molecule has 1 amide bonds. The molecule has 4 rings (SSSR count). The summed E-state index contributed by atoms with van der Waals surface area (Å²) in [5.41, 5.74) is 2.40. The van der Waals surface area contributed by atoms with Gasteiger partial charge in [0.05, 0.1) is 12.2 Å². The van der Waals surface area contributed by atoms with Gasteiger partial charge in [0.2, 0.25) is 0 Å². The summed E-state index contributed by atoms with van der Waals surface area (Å²) < 4.78 is 18.9. The maximum atomic E-state index is 13.0. The molecule has 2 aromatic rings. The van der Waals surface area contributed by atoms with Crippen LogP contribution in [0.2, 0.25) is 0 Å². The summed E-state index contributed by atoms with van der Waals surface area (Å²) in [5.74, 6) is -0.203. The van der Waals surface area contributed by atoms with Gasteiger partial charge in [0.25, 0.3) is 0 Å². The monoisotopic (exact) mass is 380 g/mol. The maximum Gasteiger partial charge on any atom is 0.415 e.